The second-order valence-electron chi connectivity index (χ2n) is 5.64. The molecule has 1 aliphatic rings. The summed E-state index contributed by atoms with van der Waals surface area (Å²) in [6.45, 7) is 6.00. The third-order valence-electron chi connectivity index (χ3n) is 3.86. The van der Waals surface area contributed by atoms with Crippen molar-refractivity contribution in [3.63, 3.8) is 0 Å². The number of aliphatic hydroxyl groups excluding tert-OH is 1. The predicted molar refractivity (Wildman–Crippen MR) is 78.0 cm³/mol. The van der Waals surface area contributed by atoms with Gasteiger partial charge >= 0.3 is 6.03 Å². The van der Waals surface area contributed by atoms with Crippen LogP contribution < -0.4 is 10.6 Å². The average Bonchev–Trinajstić information content (AvgIpc) is 2.39. The van der Waals surface area contributed by atoms with Gasteiger partial charge in [0.25, 0.3) is 0 Å². The molecule has 1 fully saturated rings. The molecule has 1 saturated carbocycles. The monoisotopic (exact) mass is 268 g/mol. The number of rotatable bonds is 7. The molecule has 4 heteroatoms. The highest BCUT2D eigenvalue weighted by Gasteiger charge is 2.22. The minimum atomic E-state index is -0.0569. The Bertz CT molecular complexity index is 273. The summed E-state index contributed by atoms with van der Waals surface area (Å²) in [5.41, 5.74) is 0. The van der Waals surface area contributed by atoms with E-state index >= 15 is 0 Å². The van der Waals surface area contributed by atoms with Gasteiger partial charge < -0.3 is 15.7 Å². The lowest BCUT2D eigenvalue weighted by molar-refractivity contribution is 0.174. The SMILES string of the molecule is C=CCCCC(C)NC(=O)NC1CCC(CO)CC1. The molecule has 110 valence electrons. The van der Waals surface area contributed by atoms with Crippen LogP contribution in [-0.4, -0.2) is 29.8 Å². The Morgan fingerprint density at radius 1 is 1.42 bits per heavy atom. The van der Waals surface area contributed by atoms with Crippen LogP contribution in [-0.2, 0) is 0 Å². The number of amides is 2. The molecule has 1 rings (SSSR count). The van der Waals surface area contributed by atoms with Crippen molar-refractivity contribution in [2.75, 3.05) is 6.61 Å². The van der Waals surface area contributed by atoms with Crippen LogP contribution in [0.1, 0.15) is 51.9 Å². The van der Waals surface area contributed by atoms with Gasteiger partial charge in [-0.25, -0.2) is 4.79 Å². The van der Waals surface area contributed by atoms with Gasteiger partial charge in [-0.2, -0.15) is 0 Å². The fourth-order valence-electron chi connectivity index (χ4n) is 2.58. The molecule has 0 aliphatic heterocycles. The first-order valence-electron chi connectivity index (χ1n) is 7.44. The number of nitrogens with one attached hydrogen (secondary N) is 2. The number of carbonyl (C=O) groups excluding carboxylic acids is 1. The van der Waals surface area contributed by atoms with Gasteiger partial charge in [-0.05, 0) is 57.8 Å². The average molecular weight is 268 g/mol. The molecule has 3 N–H and O–H groups in total. The number of carbonyl (C=O) groups is 1. The topological polar surface area (TPSA) is 61.4 Å². The van der Waals surface area contributed by atoms with Gasteiger partial charge in [-0.3, -0.25) is 0 Å². The second-order valence-corrected chi connectivity index (χ2v) is 5.64. The Morgan fingerprint density at radius 2 is 2.11 bits per heavy atom. The molecule has 0 heterocycles. The van der Waals surface area contributed by atoms with E-state index in [-0.39, 0.29) is 24.7 Å². The lowest BCUT2D eigenvalue weighted by Crippen LogP contribution is -2.46. The van der Waals surface area contributed by atoms with Crippen molar-refractivity contribution in [3.05, 3.63) is 12.7 Å². The molecule has 0 aromatic carbocycles. The van der Waals surface area contributed by atoms with E-state index in [2.05, 4.69) is 17.2 Å². The smallest absolute Gasteiger partial charge is 0.315 e. The number of aliphatic hydroxyl groups is 1. The van der Waals surface area contributed by atoms with Gasteiger partial charge in [-0.1, -0.05) is 6.08 Å². The summed E-state index contributed by atoms with van der Waals surface area (Å²) in [7, 11) is 0. The first-order chi connectivity index (χ1) is 9.15. The van der Waals surface area contributed by atoms with Gasteiger partial charge in [0.05, 0.1) is 0 Å². The van der Waals surface area contributed by atoms with E-state index in [0.717, 1.165) is 44.9 Å². The minimum Gasteiger partial charge on any atom is -0.396 e. The van der Waals surface area contributed by atoms with Crippen LogP contribution >= 0.6 is 0 Å². The van der Waals surface area contributed by atoms with Crippen molar-refractivity contribution < 1.29 is 9.90 Å². The molecular formula is C15H28N2O2. The van der Waals surface area contributed by atoms with Crippen LogP contribution in [0.25, 0.3) is 0 Å². The molecule has 0 spiro atoms. The van der Waals surface area contributed by atoms with E-state index < -0.39 is 0 Å². The third kappa shape index (κ3) is 6.62. The van der Waals surface area contributed by atoms with E-state index in [4.69, 9.17) is 5.11 Å². The van der Waals surface area contributed by atoms with Crippen molar-refractivity contribution in [1.82, 2.24) is 10.6 Å². The Kier molecular flexibility index (Phi) is 7.56. The maximum absolute atomic E-state index is 11.8. The number of unbranched alkanes of at least 4 members (excludes halogenated alkanes) is 1. The zero-order valence-corrected chi connectivity index (χ0v) is 12.0. The third-order valence-corrected chi connectivity index (χ3v) is 3.86. The van der Waals surface area contributed by atoms with Crippen LogP contribution in [0.2, 0.25) is 0 Å². The standard InChI is InChI=1S/C15H28N2O2/c1-3-4-5-6-12(2)16-15(19)17-14-9-7-13(11-18)8-10-14/h3,12-14,18H,1,4-11H2,2H3,(H2,16,17,19). The lowest BCUT2D eigenvalue weighted by atomic mass is 9.87. The van der Waals surface area contributed by atoms with E-state index in [9.17, 15) is 4.79 Å². The van der Waals surface area contributed by atoms with E-state index in [1.807, 2.05) is 13.0 Å². The molecule has 2 amide bonds. The highest BCUT2D eigenvalue weighted by molar-refractivity contribution is 5.74. The molecule has 0 radical (unpaired) electrons. The highest BCUT2D eigenvalue weighted by atomic mass is 16.3. The number of allylic oxidation sites excluding steroid dienone is 1. The van der Waals surface area contributed by atoms with E-state index in [1.54, 1.807) is 0 Å². The maximum Gasteiger partial charge on any atom is 0.315 e. The molecule has 19 heavy (non-hydrogen) atoms. The fraction of sp³-hybridized carbons (Fsp3) is 0.800. The molecule has 4 nitrogen and oxygen atoms in total. The first kappa shape index (κ1) is 16.0. The number of urea groups is 1. The molecule has 0 bridgehead atoms. The zero-order chi connectivity index (χ0) is 14.1. The predicted octanol–water partition coefficient (Wildman–Crippen LogP) is 2.58. The Labute approximate surface area is 116 Å². The summed E-state index contributed by atoms with van der Waals surface area (Å²) < 4.78 is 0. The Balaban J connectivity index is 2.15. The van der Waals surface area contributed by atoms with Crippen LogP contribution in [0.15, 0.2) is 12.7 Å². The fourth-order valence-corrected chi connectivity index (χ4v) is 2.58. The van der Waals surface area contributed by atoms with Gasteiger partial charge in [0, 0.05) is 18.7 Å². The van der Waals surface area contributed by atoms with Crippen molar-refractivity contribution in [2.24, 2.45) is 5.92 Å². The largest absolute Gasteiger partial charge is 0.396 e. The quantitative estimate of drug-likeness (QED) is 0.491. The van der Waals surface area contributed by atoms with Crippen LogP contribution in [0.5, 0.6) is 0 Å². The number of hydrogen-bond acceptors (Lipinski definition) is 2. The molecule has 0 aromatic heterocycles. The molecule has 0 saturated heterocycles. The normalized spacial score (nSPS) is 24.5. The first-order valence-corrected chi connectivity index (χ1v) is 7.44. The molecule has 1 unspecified atom stereocenters. The van der Waals surface area contributed by atoms with Gasteiger partial charge in [0.15, 0.2) is 0 Å². The summed E-state index contributed by atoms with van der Waals surface area (Å²) in [6, 6.07) is 0.412. The summed E-state index contributed by atoms with van der Waals surface area (Å²) >= 11 is 0. The summed E-state index contributed by atoms with van der Waals surface area (Å²) in [5, 5.41) is 15.1. The second kappa shape index (κ2) is 8.97. The lowest BCUT2D eigenvalue weighted by Gasteiger charge is -2.28. The van der Waals surface area contributed by atoms with Gasteiger partial charge in [0.1, 0.15) is 0 Å². The van der Waals surface area contributed by atoms with E-state index in [0.29, 0.717) is 5.92 Å². The number of hydrogen-bond donors (Lipinski definition) is 3. The summed E-state index contributed by atoms with van der Waals surface area (Å²) in [4.78, 5) is 11.8. The van der Waals surface area contributed by atoms with Gasteiger partial charge in [-0.15, -0.1) is 6.58 Å². The van der Waals surface area contributed by atoms with Crippen molar-refractivity contribution >= 4 is 6.03 Å². The molecule has 1 atom stereocenters. The van der Waals surface area contributed by atoms with Crippen molar-refractivity contribution in [1.29, 1.82) is 0 Å². The molecule has 0 aromatic rings. The van der Waals surface area contributed by atoms with Crippen molar-refractivity contribution in [2.45, 2.75) is 64.0 Å². The Morgan fingerprint density at radius 3 is 2.68 bits per heavy atom. The summed E-state index contributed by atoms with van der Waals surface area (Å²) in [6.07, 6.45) is 8.92. The van der Waals surface area contributed by atoms with Crippen LogP contribution in [0, 0.1) is 5.92 Å². The van der Waals surface area contributed by atoms with Crippen LogP contribution in [0.4, 0.5) is 4.79 Å². The minimum absolute atomic E-state index is 0.0569. The van der Waals surface area contributed by atoms with Gasteiger partial charge in [0.2, 0.25) is 0 Å². The van der Waals surface area contributed by atoms with Crippen LogP contribution in [0.3, 0.4) is 0 Å². The molecule has 1 aliphatic carbocycles. The highest BCUT2D eigenvalue weighted by Crippen LogP contribution is 2.23. The van der Waals surface area contributed by atoms with E-state index in [1.165, 1.54) is 0 Å². The maximum atomic E-state index is 11.8. The molecular weight excluding hydrogens is 240 g/mol. The Hall–Kier alpha value is -1.03. The summed E-state index contributed by atoms with van der Waals surface area (Å²) in [5.74, 6) is 0.430. The van der Waals surface area contributed by atoms with Crippen molar-refractivity contribution in [3.8, 4) is 0 Å². The zero-order valence-electron chi connectivity index (χ0n) is 12.0.